The molecule has 0 aliphatic heterocycles. The number of halogens is 3. The Morgan fingerprint density at radius 1 is 1.18 bits per heavy atom. The molecule has 6 nitrogen and oxygen atoms in total. The van der Waals surface area contributed by atoms with Gasteiger partial charge in [0.05, 0.1) is 11.1 Å². The van der Waals surface area contributed by atoms with Crippen molar-refractivity contribution in [2.75, 3.05) is 6.61 Å². The fraction of sp³-hybridized carbons (Fsp3) is 0.240. The summed E-state index contributed by atoms with van der Waals surface area (Å²) in [5.41, 5.74) is 0.979. The van der Waals surface area contributed by atoms with Crippen molar-refractivity contribution < 1.29 is 18.7 Å². The molecule has 1 aliphatic carbocycles. The number of aliphatic hydroxyl groups excluding tert-OH is 1. The lowest BCUT2D eigenvalue weighted by atomic mass is 9.98. The molecule has 0 saturated carbocycles. The fourth-order valence-electron chi connectivity index (χ4n) is 3.90. The summed E-state index contributed by atoms with van der Waals surface area (Å²) in [6.45, 7) is -0.153. The molecule has 0 spiro atoms. The Bertz CT molecular complexity index is 1240. The highest BCUT2D eigenvalue weighted by Crippen LogP contribution is 2.34. The van der Waals surface area contributed by atoms with E-state index in [1.165, 1.54) is 12.1 Å². The Labute approximate surface area is 200 Å². The van der Waals surface area contributed by atoms with Crippen LogP contribution < -0.4 is 5.32 Å². The molecule has 34 heavy (non-hydrogen) atoms. The number of aromatic nitrogens is 3. The first kappa shape index (κ1) is 23.8. The highest BCUT2D eigenvalue weighted by Gasteiger charge is 2.26. The zero-order valence-corrected chi connectivity index (χ0v) is 18.9. The summed E-state index contributed by atoms with van der Waals surface area (Å²) >= 11 is 5.98. The lowest BCUT2D eigenvalue weighted by Crippen LogP contribution is -2.37. The monoisotopic (exact) mass is 484 g/mol. The molecule has 1 aromatic carbocycles. The number of H-pyrrole nitrogens is 1. The Hall–Kier alpha value is -3.36. The number of nitrogens with one attached hydrogen (secondary N) is 2. The summed E-state index contributed by atoms with van der Waals surface area (Å²) in [5, 5.41) is 19.5. The minimum absolute atomic E-state index is 0.0429. The van der Waals surface area contributed by atoms with Crippen LogP contribution in [-0.2, 0) is 6.42 Å². The molecule has 1 amide bonds. The first-order valence-corrected chi connectivity index (χ1v) is 11.3. The number of carbonyl (C=O) groups is 1. The Morgan fingerprint density at radius 3 is 2.74 bits per heavy atom. The summed E-state index contributed by atoms with van der Waals surface area (Å²) in [7, 11) is 0. The van der Waals surface area contributed by atoms with Gasteiger partial charge < -0.3 is 10.4 Å². The lowest BCUT2D eigenvalue weighted by Gasteiger charge is -2.19. The van der Waals surface area contributed by atoms with E-state index in [2.05, 4.69) is 20.5 Å². The Balaban J connectivity index is 1.64. The maximum atomic E-state index is 15.4. The molecule has 2 heterocycles. The van der Waals surface area contributed by atoms with E-state index >= 15 is 4.39 Å². The summed E-state index contributed by atoms with van der Waals surface area (Å²) in [5.74, 6) is -2.09. The molecule has 2 aromatic heterocycles. The standard InChI is InChI=1S/C25H23ClF2N4O2/c26-16-9-7-15(8-10-16)23-22(28)24(32-31-23)21-19(5-3-6-20(21)27)25(34)30-18(11-13-33)14-17-4-1-2-12-29-17/h1-7,9,12,18,33H,8,10-11,13-14H2,(H,30,34)(H,31,32). The number of carbonyl (C=O) groups excluding carboxylic acids is 1. The lowest BCUT2D eigenvalue weighted by molar-refractivity contribution is 0.0930. The van der Waals surface area contributed by atoms with Crippen LogP contribution in [0.5, 0.6) is 0 Å². The van der Waals surface area contributed by atoms with Gasteiger partial charge in [-0.3, -0.25) is 14.9 Å². The molecule has 0 saturated heterocycles. The van der Waals surface area contributed by atoms with E-state index in [1.54, 1.807) is 24.4 Å². The van der Waals surface area contributed by atoms with E-state index in [1.807, 2.05) is 12.1 Å². The molecule has 1 atom stereocenters. The van der Waals surface area contributed by atoms with E-state index in [0.29, 0.717) is 29.9 Å². The number of nitrogens with zero attached hydrogens (tertiary/aromatic N) is 2. The van der Waals surface area contributed by atoms with Crippen molar-refractivity contribution in [2.45, 2.75) is 31.7 Å². The zero-order valence-electron chi connectivity index (χ0n) is 18.2. The van der Waals surface area contributed by atoms with Crippen molar-refractivity contribution in [2.24, 2.45) is 0 Å². The van der Waals surface area contributed by atoms with Gasteiger partial charge in [0, 0.05) is 36.0 Å². The number of pyridine rings is 1. The fourth-order valence-corrected chi connectivity index (χ4v) is 4.06. The van der Waals surface area contributed by atoms with Gasteiger partial charge in [-0.15, -0.1) is 0 Å². The second kappa shape index (κ2) is 10.7. The largest absolute Gasteiger partial charge is 0.396 e. The number of amides is 1. The van der Waals surface area contributed by atoms with Crippen LogP contribution in [0.2, 0.25) is 0 Å². The van der Waals surface area contributed by atoms with E-state index in [4.69, 9.17) is 11.6 Å². The van der Waals surface area contributed by atoms with E-state index in [9.17, 15) is 14.3 Å². The summed E-state index contributed by atoms with van der Waals surface area (Å²) < 4.78 is 30.3. The van der Waals surface area contributed by atoms with Gasteiger partial charge in [-0.2, -0.15) is 5.10 Å². The highest BCUT2D eigenvalue weighted by atomic mass is 35.5. The average molecular weight is 485 g/mol. The molecule has 3 N–H and O–H groups in total. The molecule has 1 unspecified atom stereocenters. The van der Waals surface area contributed by atoms with Crippen LogP contribution in [0, 0.1) is 11.6 Å². The maximum absolute atomic E-state index is 15.4. The van der Waals surface area contributed by atoms with Gasteiger partial charge in [0.2, 0.25) is 0 Å². The summed E-state index contributed by atoms with van der Waals surface area (Å²) in [6.07, 6.45) is 6.72. The number of hydrogen-bond acceptors (Lipinski definition) is 4. The van der Waals surface area contributed by atoms with Crippen LogP contribution in [0.1, 0.15) is 41.0 Å². The number of aliphatic hydroxyl groups is 1. The van der Waals surface area contributed by atoms with Crippen LogP contribution in [0.15, 0.2) is 59.8 Å². The molecule has 4 rings (SSSR count). The third kappa shape index (κ3) is 5.24. The highest BCUT2D eigenvalue weighted by molar-refractivity contribution is 6.29. The van der Waals surface area contributed by atoms with Gasteiger partial charge in [0.15, 0.2) is 5.82 Å². The molecule has 0 bridgehead atoms. The van der Waals surface area contributed by atoms with Gasteiger partial charge in [0.25, 0.3) is 5.91 Å². The molecule has 9 heteroatoms. The van der Waals surface area contributed by atoms with Crippen molar-refractivity contribution in [3.05, 3.63) is 88.4 Å². The Morgan fingerprint density at radius 2 is 2.03 bits per heavy atom. The predicted molar refractivity (Wildman–Crippen MR) is 126 cm³/mol. The molecule has 176 valence electrons. The molecular formula is C25H23ClF2N4O2. The smallest absolute Gasteiger partial charge is 0.252 e. The van der Waals surface area contributed by atoms with Crippen molar-refractivity contribution >= 4 is 23.1 Å². The maximum Gasteiger partial charge on any atom is 0.252 e. The normalized spacial score (nSPS) is 14.4. The third-order valence-corrected chi connectivity index (χ3v) is 5.93. The van der Waals surface area contributed by atoms with Crippen LogP contribution in [0.25, 0.3) is 16.8 Å². The minimum atomic E-state index is -0.759. The van der Waals surface area contributed by atoms with Gasteiger partial charge >= 0.3 is 0 Å². The molecule has 1 aliphatic rings. The van der Waals surface area contributed by atoms with Crippen LogP contribution >= 0.6 is 11.6 Å². The molecular weight excluding hydrogens is 462 g/mol. The van der Waals surface area contributed by atoms with E-state index < -0.39 is 23.6 Å². The number of hydrogen-bond donors (Lipinski definition) is 3. The number of allylic oxidation sites excluding steroid dienone is 4. The minimum Gasteiger partial charge on any atom is -0.396 e. The summed E-state index contributed by atoms with van der Waals surface area (Å²) in [4.78, 5) is 17.4. The Kier molecular flexibility index (Phi) is 7.49. The SMILES string of the molecule is O=C(NC(CCO)Cc1ccccn1)c1cccc(F)c1-c1[nH]nc(C2=CC=C(Cl)CC2)c1F. The quantitative estimate of drug-likeness (QED) is 0.429. The topological polar surface area (TPSA) is 90.9 Å². The van der Waals surface area contributed by atoms with Crippen molar-refractivity contribution in [1.29, 1.82) is 0 Å². The van der Waals surface area contributed by atoms with Crippen LogP contribution in [0.4, 0.5) is 8.78 Å². The zero-order chi connectivity index (χ0) is 24.1. The third-order valence-electron chi connectivity index (χ3n) is 5.61. The number of aromatic amines is 1. The van der Waals surface area contributed by atoms with Crippen LogP contribution in [0.3, 0.4) is 0 Å². The second-order valence-electron chi connectivity index (χ2n) is 7.94. The first-order chi connectivity index (χ1) is 16.5. The number of rotatable bonds is 8. The van der Waals surface area contributed by atoms with Crippen molar-refractivity contribution in [3.63, 3.8) is 0 Å². The van der Waals surface area contributed by atoms with Gasteiger partial charge in [-0.1, -0.05) is 29.8 Å². The number of benzene rings is 1. The first-order valence-electron chi connectivity index (χ1n) is 10.9. The van der Waals surface area contributed by atoms with E-state index in [-0.39, 0.29) is 35.5 Å². The van der Waals surface area contributed by atoms with Gasteiger partial charge in [-0.05, 0) is 55.2 Å². The average Bonchev–Trinajstić information content (AvgIpc) is 3.21. The molecule has 3 aromatic rings. The summed E-state index contributed by atoms with van der Waals surface area (Å²) in [6, 6.07) is 8.95. The second-order valence-corrected chi connectivity index (χ2v) is 8.42. The van der Waals surface area contributed by atoms with Gasteiger partial charge in [0.1, 0.15) is 17.2 Å². The molecule has 0 fully saturated rings. The van der Waals surface area contributed by atoms with Crippen molar-refractivity contribution in [1.82, 2.24) is 20.5 Å². The van der Waals surface area contributed by atoms with E-state index in [0.717, 1.165) is 11.8 Å². The van der Waals surface area contributed by atoms with Crippen LogP contribution in [-0.4, -0.2) is 38.8 Å². The predicted octanol–water partition coefficient (Wildman–Crippen LogP) is 4.77. The molecule has 0 radical (unpaired) electrons. The van der Waals surface area contributed by atoms with Crippen molar-refractivity contribution in [3.8, 4) is 11.3 Å². The van der Waals surface area contributed by atoms with Gasteiger partial charge in [-0.25, -0.2) is 8.78 Å².